The van der Waals surface area contributed by atoms with Gasteiger partial charge in [0.05, 0.1) is 45.6 Å². The molecule has 2 aromatic heterocycles. The summed E-state index contributed by atoms with van der Waals surface area (Å²) in [6.07, 6.45) is 3.06. The van der Waals surface area contributed by atoms with Crippen LogP contribution in [0.3, 0.4) is 0 Å². The van der Waals surface area contributed by atoms with E-state index < -0.39 is 29.3 Å². The molecule has 1 amide bonds. The Morgan fingerprint density at radius 2 is 1.95 bits per heavy atom. The first-order valence-electron chi connectivity index (χ1n) is 11.7. The summed E-state index contributed by atoms with van der Waals surface area (Å²) in [6.45, 7) is 4.35. The maximum absolute atomic E-state index is 14.1. The molecule has 1 N–H and O–H groups in total. The zero-order chi connectivity index (χ0) is 27.0. The molecule has 1 saturated heterocycles. The molecule has 1 fully saturated rings. The highest BCUT2D eigenvalue weighted by Crippen LogP contribution is 2.45. The van der Waals surface area contributed by atoms with Gasteiger partial charge in [-0.3, -0.25) is 19.5 Å². The summed E-state index contributed by atoms with van der Waals surface area (Å²) < 4.78 is 25.8. The number of Topliss-reactive ketones (excluding diaryl/α,β-unsaturated/α-hetero) is 1. The van der Waals surface area contributed by atoms with Crippen molar-refractivity contribution in [2.45, 2.75) is 19.9 Å². The lowest BCUT2D eigenvalue weighted by molar-refractivity contribution is -0.132. The second-order valence-corrected chi connectivity index (χ2v) is 9.63. The van der Waals surface area contributed by atoms with Crippen molar-refractivity contribution >= 4 is 55.7 Å². The number of amides is 1. The molecule has 8 nitrogen and oxygen atoms in total. The van der Waals surface area contributed by atoms with Crippen molar-refractivity contribution in [3.63, 3.8) is 0 Å². The Balaban J connectivity index is 1.71. The number of hydrogen-bond acceptors (Lipinski definition) is 8. The van der Waals surface area contributed by atoms with Crippen molar-refractivity contribution in [2.24, 2.45) is 0 Å². The van der Waals surface area contributed by atoms with E-state index in [2.05, 4.69) is 9.97 Å². The summed E-state index contributed by atoms with van der Waals surface area (Å²) >= 11 is 6.95. The molecule has 5 rings (SSSR count). The van der Waals surface area contributed by atoms with Crippen LogP contribution >= 0.6 is 22.9 Å². The lowest BCUT2D eigenvalue weighted by Gasteiger charge is -2.23. The molecule has 0 radical (unpaired) electrons. The molecule has 0 saturated carbocycles. The SMILES string of the molecule is CCOc1ccc(/C(O)=C2\C(=O)C(=O)N(c3nc4cc(Cl)c(F)cc4s3)C2c2cccnc2)c(OCC)c1. The quantitative estimate of drug-likeness (QED) is 0.172. The first-order chi connectivity index (χ1) is 18.3. The Morgan fingerprint density at radius 3 is 2.66 bits per heavy atom. The van der Waals surface area contributed by atoms with Gasteiger partial charge in [0.1, 0.15) is 23.1 Å². The van der Waals surface area contributed by atoms with Crippen LogP contribution in [-0.2, 0) is 9.59 Å². The van der Waals surface area contributed by atoms with Gasteiger partial charge in [0.15, 0.2) is 5.13 Å². The van der Waals surface area contributed by atoms with Gasteiger partial charge in [0.25, 0.3) is 5.78 Å². The number of carbonyl (C=O) groups is 2. The number of benzene rings is 2. The number of aliphatic hydroxyl groups is 1. The molecule has 3 heterocycles. The number of aromatic nitrogens is 2. The van der Waals surface area contributed by atoms with Gasteiger partial charge in [-0.25, -0.2) is 9.37 Å². The molecule has 4 aromatic rings. The van der Waals surface area contributed by atoms with E-state index in [1.54, 1.807) is 43.5 Å². The summed E-state index contributed by atoms with van der Waals surface area (Å²) in [6, 6.07) is 9.71. The van der Waals surface area contributed by atoms with Crippen LogP contribution in [-0.4, -0.2) is 40.0 Å². The Bertz CT molecular complexity index is 1550. The fraction of sp³-hybridized carbons (Fsp3) is 0.185. The third kappa shape index (κ3) is 4.46. The number of fused-ring (bicyclic) bond motifs is 1. The molecule has 0 spiro atoms. The smallest absolute Gasteiger partial charge is 0.301 e. The maximum Gasteiger partial charge on any atom is 0.301 e. The standard InChI is InChI=1S/C27H21ClFN3O5S/c1-3-36-15-7-8-16(20(10-15)37-4-2)24(33)22-23(14-6-5-9-30-13-14)32(26(35)25(22)34)27-31-19-11-17(28)18(29)12-21(19)38-27/h5-13,23,33H,3-4H2,1-2H3/b24-22+. The second-order valence-electron chi connectivity index (χ2n) is 8.21. The first kappa shape index (κ1) is 25.6. The van der Waals surface area contributed by atoms with Gasteiger partial charge < -0.3 is 14.6 Å². The number of hydrogen-bond donors (Lipinski definition) is 1. The number of pyridine rings is 1. The minimum Gasteiger partial charge on any atom is -0.507 e. The second kappa shape index (κ2) is 10.4. The first-order valence-corrected chi connectivity index (χ1v) is 12.9. The maximum atomic E-state index is 14.1. The largest absolute Gasteiger partial charge is 0.507 e. The molecule has 1 aliphatic heterocycles. The van der Waals surface area contributed by atoms with Crippen molar-refractivity contribution in [1.82, 2.24) is 9.97 Å². The Labute approximate surface area is 225 Å². The van der Waals surface area contributed by atoms with Gasteiger partial charge in [0, 0.05) is 18.5 Å². The predicted octanol–water partition coefficient (Wildman–Crippen LogP) is 5.91. The van der Waals surface area contributed by atoms with Crippen LogP contribution in [0.5, 0.6) is 11.5 Å². The van der Waals surface area contributed by atoms with Gasteiger partial charge in [-0.1, -0.05) is 29.0 Å². The number of ether oxygens (including phenoxy) is 2. The number of anilines is 1. The highest BCUT2D eigenvalue weighted by Gasteiger charge is 2.48. The summed E-state index contributed by atoms with van der Waals surface area (Å²) in [4.78, 5) is 36.7. The zero-order valence-corrected chi connectivity index (χ0v) is 21.8. The average molecular weight is 554 g/mol. The monoisotopic (exact) mass is 553 g/mol. The zero-order valence-electron chi connectivity index (χ0n) is 20.3. The minimum absolute atomic E-state index is 0.112. The highest BCUT2D eigenvalue weighted by molar-refractivity contribution is 7.22. The van der Waals surface area contributed by atoms with E-state index in [9.17, 15) is 19.1 Å². The van der Waals surface area contributed by atoms with Crippen LogP contribution in [0.1, 0.15) is 31.0 Å². The number of halogens is 2. The van der Waals surface area contributed by atoms with Crippen LogP contribution in [0.15, 0.2) is 60.4 Å². The molecule has 1 atom stereocenters. The predicted molar refractivity (Wildman–Crippen MR) is 142 cm³/mol. The highest BCUT2D eigenvalue weighted by atomic mass is 35.5. The number of rotatable bonds is 7. The summed E-state index contributed by atoms with van der Waals surface area (Å²) in [5.74, 6) is -2.03. The lowest BCUT2D eigenvalue weighted by Crippen LogP contribution is -2.29. The number of nitrogens with zero attached hydrogens (tertiary/aromatic N) is 3. The van der Waals surface area contributed by atoms with Crippen LogP contribution < -0.4 is 14.4 Å². The van der Waals surface area contributed by atoms with Crippen LogP contribution in [0, 0.1) is 5.82 Å². The van der Waals surface area contributed by atoms with Crippen LogP contribution in [0.4, 0.5) is 9.52 Å². The van der Waals surface area contributed by atoms with Gasteiger partial charge in [0.2, 0.25) is 0 Å². The van der Waals surface area contributed by atoms with Gasteiger partial charge >= 0.3 is 5.91 Å². The number of aliphatic hydroxyl groups excluding tert-OH is 1. The van der Waals surface area contributed by atoms with Gasteiger partial charge in [-0.2, -0.15) is 0 Å². The van der Waals surface area contributed by atoms with Gasteiger partial charge in [-0.05, 0) is 49.7 Å². The molecule has 2 aromatic carbocycles. The number of ketones is 1. The Hall–Kier alpha value is -4.02. The lowest BCUT2D eigenvalue weighted by atomic mass is 9.96. The number of carbonyl (C=O) groups excluding carboxylic acids is 2. The fourth-order valence-corrected chi connectivity index (χ4v) is 5.43. The van der Waals surface area contributed by atoms with E-state index in [0.29, 0.717) is 34.7 Å². The molecular weight excluding hydrogens is 533 g/mol. The van der Waals surface area contributed by atoms with Gasteiger partial charge in [-0.15, -0.1) is 0 Å². The summed E-state index contributed by atoms with van der Waals surface area (Å²) in [7, 11) is 0. The van der Waals surface area contributed by atoms with E-state index >= 15 is 0 Å². The molecule has 11 heteroatoms. The van der Waals surface area contributed by atoms with Crippen molar-refractivity contribution in [3.8, 4) is 11.5 Å². The van der Waals surface area contributed by atoms with Crippen molar-refractivity contribution < 1.29 is 28.6 Å². The van der Waals surface area contributed by atoms with E-state index in [4.69, 9.17) is 21.1 Å². The molecule has 38 heavy (non-hydrogen) atoms. The van der Waals surface area contributed by atoms with Crippen LogP contribution in [0.25, 0.3) is 16.0 Å². The molecular formula is C27H21ClFN3O5S. The number of thiazole rings is 1. The summed E-state index contributed by atoms with van der Waals surface area (Å²) in [5.41, 5.74) is 0.908. The molecule has 1 aliphatic rings. The van der Waals surface area contributed by atoms with E-state index in [1.807, 2.05) is 6.92 Å². The third-order valence-corrected chi connectivity index (χ3v) is 7.20. The summed E-state index contributed by atoms with van der Waals surface area (Å²) in [5, 5.41) is 11.5. The average Bonchev–Trinajstić information content (AvgIpc) is 3.42. The Kier molecular flexibility index (Phi) is 7.00. The van der Waals surface area contributed by atoms with Crippen LogP contribution in [0.2, 0.25) is 5.02 Å². The normalized spacial score (nSPS) is 16.8. The van der Waals surface area contributed by atoms with E-state index in [-0.39, 0.29) is 27.0 Å². The minimum atomic E-state index is -1.05. The van der Waals surface area contributed by atoms with Crippen molar-refractivity contribution in [2.75, 3.05) is 18.1 Å². The molecule has 0 aliphatic carbocycles. The fourth-order valence-electron chi connectivity index (χ4n) is 4.27. The third-order valence-electron chi connectivity index (χ3n) is 5.89. The topological polar surface area (TPSA) is 102 Å². The van der Waals surface area contributed by atoms with E-state index in [0.717, 1.165) is 11.3 Å². The van der Waals surface area contributed by atoms with Crippen molar-refractivity contribution in [3.05, 3.63) is 82.4 Å². The molecule has 194 valence electrons. The Morgan fingerprint density at radius 1 is 1.16 bits per heavy atom. The molecule has 1 unspecified atom stereocenters. The van der Waals surface area contributed by atoms with E-state index in [1.165, 1.54) is 23.2 Å². The van der Waals surface area contributed by atoms with Crippen molar-refractivity contribution in [1.29, 1.82) is 0 Å². The molecule has 0 bridgehead atoms.